The number of para-hydroxylation sites is 1. The number of hydrogen-bond donors (Lipinski definition) is 2. The molecular weight excluding hydrogens is 277 g/mol. The molecule has 0 bridgehead atoms. The second-order valence-corrected chi connectivity index (χ2v) is 4.67. The Morgan fingerprint density at radius 2 is 2.00 bits per heavy atom. The van der Waals surface area contributed by atoms with Gasteiger partial charge < -0.3 is 11.1 Å². The molecule has 19 heavy (non-hydrogen) atoms. The van der Waals surface area contributed by atoms with E-state index < -0.39 is 12.0 Å². The Bertz CT molecular complexity index is 567. The maximum atomic E-state index is 12.4. The number of aromatic nitrogens is 2. The number of alkyl halides is 3. The van der Waals surface area contributed by atoms with Crippen LogP contribution in [-0.2, 0) is 6.18 Å². The molecule has 0 spiro atoms. The van der Waals surface area contributed by atoms with Crippen LogP contribution >= 0.6 is 11.5 Å². The molecule has 0 aliphatic heterocycles. The smallest absolute Gasteiger partial charge is 0.398 e. The average molecular weight is 288 g/mol. The Morgan fingerprint density at radius 3 is 2.58 bits per heavy atom. The second kappa shape index (κ2) is 5.04. The number of nitrogens with zero attached hydrogens (tertiary/aromatic N) is 2. The fourth-order valence-corrected chi connectivity index (χ4v) is 2.24. The lowest BCUT2D eigenvalue weighted by Crippen LogP contribution is -2.10. The van der Waals surface area contributed by atoms with Crippen LogP contribution in [0.25, 0.3) is 0 Å². The number of benzene rings is 1. The highest BCUT2D eigenvalue weighted by Gasteiger charge is 2.36. The number of anilines is 2. The summed E-state index contributed by atoms with van der Waals surface area (Å²) in [6, 6.07) is 6.88. The molecule has 0 saturated heterocycles. The van der Waals surface area contributed by atoms with Gasteiger partial charge in [-0.15, -0.1) is 0 Å². The summed E-state index contributed by atoms with van der Waals surface area (Å²) in [7, 11) is 0. The van der Waals surface area contributed by atoms with Crippen molar-refractivity contribution in [2.75, 3.05) is 11.1 Å². The predicted molar refractivity (Wildman–Crippen MR) is 67.8 cm³/mol. The third-order valence-electron chi connectivity index (χ3n) is 2.48. The van der Waals surface area contributed by atoms with Crippen molar-refractivity contribution in [2.45, 2.75) is 19.1 Å². The van der Waals surface area contributed by atoms with Crippen molar-refractivity contribution in [3.05, 3.63) is 35.7 Å². The molecule has 1 atom stereocenters. The Kier molecular flexibility index (Phi) is 3.61. The fraction of sp³-hybridized carbons (Fsp3) is 0.273. The molecule has 1 unspecified atom stereocenters. The van der Waals surface area contributed by atoms with Crippen molar-refractivity contribution in [2.24, 2.45) is 0 Å². The Labute approximate surface area is 111 Å². The monoisotopic (exact) mass is 288 g/mol. The Balaban J connectivity index is 2.14. The first-order chi connectivity index (χ1) is 8.88. The van der Waals surface area contributed by atoms with Crippen molar-refractivity contribution in [3.63, 3.8) is 0 Å². The van der Waals surface area contributed by atoms with Crippen molar-refractivity contribution < 1.29 is 13.2 Å². The van der Waals surface area contributed by atoms with E-state index in [1.54, 1.807) is 25.1 Å². The van der Waals surface area contributed by atoms with Gasteiger partial charge in [0.05, 0.1) is 6.04 Å². The van der Waals surface area contributed by atoms with Crippen LogP contribution in [0.2, 0.25) is 0 Å². The molecule has 2 aromatic rings. The highest BCUT2D eigenvalue weighted by atomic mass is 32.1. The summed E-state index contributed by atoms with van der Waals surface area (Å²) >= 11 is 0.672. The van der Waals surface area contributed by atoms with Gasteiger partial charge in [0.15, 0.2) is 0 Å². The largest absolute Gasteiger partial charge is 0.452 e. The van der Waals surface area contributed by atoms with Gasteiger partial charge in [-0.2, -0.15) is 22.5 Å². The van der Waals surface area contributed by atoms with Gasteiger partial charge in [-0.1, -0.05) is 18.2 Å². The molecule has 1 heterocycles. The Morgan fingerprint density at radius 1 is 1.32 bits per heavy atom. The van der Waals surface area contributed by atoms with Crippen molar-refractivity contribution in [1.82, 2.24) is 9.36 Å². The molecule has 0 aliphatic carbocycles. The van der Waals surface area contributed by atoms with Crippen LogP contribution in [0.4, 0.5) is 24.0 Å². The lowest BCUT2D eigenvalue weighted by atomic mass is 10.1. The SMILES string of the molecule is CC(Nc1nc(C(F)(F)F)ns1)c1ccccc1N. The van der Waals surface area contributed by atoms with Gasteiger partial charge in [-0.05, 0) is 18.6 Å². The van der Waals surface area contributed by atoms with Crippen LogP contribution in [-0.4, -0.2) is 9.36 Å². The number of halogens is 3. The highest BCUT2D eigenvalue weighted by molar-refractivity contribution is 7.09. The summed E-state index contributed by atoms with van der Waals surface area (Å²) in [6.07, 6.45) is -4.52. The van der Waals surface area contributed by atoms with Gasteiger partial charge in [0.25, 0.3) is 0 Å². The van der Waals surface area contributed by atoms with Gasteiger partial charge in [-0.25, -0.2) is 0 Å². The molecule has 102 valence electrons. The standard InChI is InChI=1S/C11H11F3N4S/c1-6(7-4-2-3-5-8(7)15)16-10-17-9(18-19-10)11(12,13)14/h2-6H,15H2,1H3,(H,16,17,18). The molecular formula is C11H11F3N4S. The van der Waals surface area contributed by atoms with E-state index in [1.807, 2.05) is 6.07 Å². The van der Waals surface area contributed by atoms with Crippen molar-refractivity contribution >= 4 is 22.4 Å². The predicted octanol–water partition coefficient (Wildman–Crippen LogP) is 3.31. The summed E-state index contributed by atoms with van der Waals surface area (Å²) in [5.41, 5.74) is 7.17. The van der Waals surface area contributed by atoms with Crippen LogP contribution in [0.15, 0.2) is 24.3 Å². The van der Waals surface area contributed by atoms with Crippen LogP contribution in [0.3, 0.4) is 0 Å². The minimum absolute atomic E-state index is 0.114. The van der Waals surface area contributed by atoms with E-state index in [0.29, 0.717) is 17.2 Å². The van der Waals surface area contributed by atoms with E-state index in [0.717, 1.165) is 5.56 Å². The van der Waals surface area contributed by atoms with E-state index >= 15 is 0 Å². The van der Waals surface area contributed by atoms with Crippen molar-refractivity contribution in [1.29, 1.82) is 0 Å². The summed E-state index contributed by atoms with van der Waals surface area (Å²) in [6.45, 7) is 1.79. The van der Waals surface area contributed by atoms with Crippen LogP contribution < -0.4 is 11.1 Å². The molecule has 1 aromatic carbocycles. The van der Waals surface area contributed by atoms with Gasteiger partial charge in [0.1, 0.15) is 0 Å². The zero-order valence-corrected chi connectivity index (χ0v) is 10.7. The van der Waals surface area contributed by atoms with Crippen LogP contribution in [0.1, 0.15) is 24.4 Å². The summed E-state index contributed by atoms with van der Waals surface area (Å²) < 4.78 is 40.3. The minimum Gasteiger partial charge on any atom is -0.398 e. The maximum absolute atomic E-state index is 12.4. The lowest BCUT2D eigenvalue weighted by Gasteiger charge is -2.14. The molecule has 1 aromatic heterocycles. The molecule has 3 N–H and O–H groups in total. The third-order valence-corrected chi connectivity index (χ3v) is 3.13. The lowest BCUT2D eigenvalue weighted by molar-refractivity contribution is -0.144. The number of hydrogen-bond acceptors (Lipinski definition) is 5. The maximum Gasteiger partial charge on any atom is 0.452 e. The van der Waals surface area contributed by atoms with Gasteiger partial charge in [0, 0.05) is 17.2 Å². The van der Waals surface area contributed by atoms with Gasteiger partial charge >= 0.3 is 6.18 Å². The minimum atomic E-state index is -4.52. The second-order valence-electron chi connectivity index (χ2n) is 3.92. The molecule has 0 radical (unpaired) electrons. The summed E-state index contributed by atoms with van der Waals surface area (Å²) in [5.74, 6) is -1.13. The first-order valence-electron chi connectivity index (χ1n) is 5.40. The fourth-order valence-electron chi connectivity index (χ4n) is 1.57. The van der Waals surface area contributed by atoms with Crippen molar-refractivity contribution in [3.8, 4) is 0 Å². The van der Waals surface area contributed by atoms with E-state index in [2.05, 4.69) is 14.7 Å². The van der Waals surface area contributed by atoms with Crippen LogP contribution in [0.5, 0.6) is 0 Å². The first-order valence-corrected chi connectivity index (χ1v) is 6.17. The molecule has 2 rings (SSSR count). The molecule has 0 fully saturated rings. The van der Waals surface area contributed by atoms with E-state index in [4.69, 9.17) is 5.73 Å². The Hall–Kier alpha value is -1.83. The first kappa shape index (κ1) is 13.6. The molecule has 8 heteroatoms. The summed E-state index contributed by atoms with van der Waals surface area (Å²) in [5, 5.41) is 2.97. The molecule has 0 aliphatic rings. The third kappa shape index (κ3) is 3.14. The van der Waals surface area contributed by atoms with E-state index in [1.165, 1.54) is 0 Å². The van der Waals surface area contributed by atoms with Crippen LogP contribution in [0, 0.1) is 0 Å². The van der Waals surface area contributed by atoms with E-state index in [9.17, 15) is 13.2 Å². The molecule has 4 nitrogen and oxygen atoms in total. The number of rotatable bonds is 3. The highest BCUT2D eigenvalue weighted by Crippen LogP contribution is 2.30. The molecule has 0 amide bonds. The summed E-state index contributed by atoms with van der Waals surface area (Å²) in [4.78, 5) is 3.41. The zero-order chi connectivity index (χ0) is 14.0. The number of nitrogens with one attached hydrogen (secondary N) is 1. The normalized spacial score (nSPS) is 13.3. The average Bonchev–Trinajstić information content (AvgIpc) is 2.77. The zero-order valence-electron chi connectivity index (χ0n) is 9.90. The molecule has 0 saturated carbocycles. The topological polar surface area (TPSA) is 63.8 Å². The van der Waals surface area contributed by atoms with Gasteiger partial charge in [0.2, 0.25) is 11.0 Å². The quantitative estimate of drug-likeness (QED) is 0.850. The number of nitrogen functional groups attached to an aromatic ring is 1. The van der Waals surface area contributed by atoms with Gasteiger partial charge in [-0.3, -0.25) is 0 Å². The number of nitrogens with two attached hydrogens (primary N) is 1. The van der Waals surface area contributed by atoms with E-state index in [-0.39, 0.29) is 11.2 Å².